The second kappa shape index (κ2) is 6.01. The fraction of sp³-hybridized carbons (Fsp3) is 0.250. The molecule has 0 saturated heterocycles. The van der Waals surface area contributed by atoms with Gasteiger partial charge in [-0.25, -0.2) is 8.78 Å². The van der Waals surface area contributed by atoms with Gasteiger partial charge >= 0.3 is 0 Å². The topological polar surface area (TPSA) is 29.5 Å². The molecule has 0 aliphatic heterocycles. The summed E-state index contributed by atoms with van der Waals surface area (Å²) in [4.78, 5) is 0. The van der Waals surface area contributed by atoms with Crippen molar-refractivity contribution in [2.75, 3.05) is 7.11 Å². The van der Waals surface area contributed by atoms with Crippen molar-refractivity contribution in [1.82, 2.24) is 0 Å². The Bertz CT molecular complexity index is 611. The molecule has 20 heavy (non-hydrogen) atoms. The lowest BCUT2D eigenvalue weighted by atomic mass is 9.99. The van der Waals surface area contributed by atoms with Crippen molar-refractivity contribution in [3.63, 3.8) is 0 Å². The van der Waals surface area contributed by atoms with E-state index in [0.29, 0.717) is 16.9 Å². The van der Waals surface area contributed by atoms with Gasteiger partial charge in [0.15, 0.2) is 11.6 Å². The van der Waals surface area contributed by atoms with E-state index in [9.17, 15) is 13.9 Å². The Morgan fingerprint density at radius 2 is 1.85 bits per heavy atom. The predicted octanol–water partition coefficient (Wildman–Crippen LogP) is 3.56. The molecule has 1 atom stereocenters. The zero-order valence-corrected chi connectivity index (χ0v) is 11.4. The van der Waals surface area contributed by atoms with E-state index in [0.717, 1.165) is 17.7 Å². The maximum Gasteiger partial charge on any atom is 0.159 e. The standard InChI is InChI=1S/C16H16F2O2/c1-10-3-5-12(16(7-10)20-2)15(19)9-11-4-6-13(17)14(18)8-11/h3-8,15,19H,9H2,1-2H3. The molecule has 2 rings (SSSR count). The van der Waals surface area contributed by atoms with Gasteiger partial charge in [0, 0.05) is 12.0 Å². The molecule has 0 amide bonds. The maximum atomic E-state index is 13.1. The van der Waals surface area contributed by atoms with Gasteiger partial charge < -0.3 is 9.84 Å². The number of aryl methyl sites for hydroxylation is 1. The SMILES string of the molecule is COc1cc(C)ccc1C(O)Cc1ccc(F)c(F)c1. The molecule has 0 bridgehead atoms. The van der Waals surface area contributed by atoms with Crippen LogP contribution in [0.5, 0.6) is 5.75 Å². The van der Waals surface area contributed by atoms with Gasteiger partial charge in [-0.1, -0.05) is 18.2 Å². The molecule has 0 spiro atoms. The Labute approximate surface area is 116 Å². The first-order chi connectivity index (χ1) is 9.51. The normalized spacial score (nSPS) is 12.2. The van der Waals surface area contributed by atoms with E-state index >= 15 is 0 Å². The molecule has 0 aromatic heterocycles. The summed E-state index contributed by atoms with van der Waals surface area (Å²) in [5, 5.41) is 10.2. The first-order valence-corrected chi connectivity index (χ1v) is 6.28. The number of aliphatic hydroxyl groups excluding tert-OH is 1. The summed E-state index contributed by atoms with van der Waals surface area (Å²) in [6.07, 6.45) is -0.646. The van der Waals surface area contributed by atoms with Crippen molar-refractivity contribution in [3.05, 3.63) is 64.7 Å². The predicted molar refractivity (Wildman–Crippen MR) is 72.8 cm³/mol. The van der Waals surface area contributed by atoms with Gasteiger partial charge in [0.1, 0.15) is 5.75 Å². The maximum absolute atomic E-state index is 13.1. The molecular weight excluding hydrogens is 262 g/mol. The Balaban J connectivity index is 2.23. The number of rotatable bonds is 4. The second-order valence-corrected chi connectivity index (χ2v) is 4.71. The van der Waals surface area contributed by atoms with E-state index in [1.807, 2.05) is 19.1 Å². The summed E-state index contributed by atoms with van der Waals surface area (Å²) in [5.41, 5.74) is 2.17. The molecule has 0 aliphatic rings. The molecule has 0 aliphatic carbocycles. The molecule has 0 radical (unpaired) electrons. The quantitative estimate of drug-likeness (QED) is 0.926. The van der Waals surface area contributed by atoms with Gasteiger partial charge in [0.25, 0.3) is 0 Å². The largest absolute Gasteiger partial charge is 0.496 e. The minimum atomic E-state index is -0.912. The lowest BCUT2D eigenvalue weighted by Gasteiger charge is -2.15. The summed E-state index contributed by atoms with van der Waals surface area (Å²) in [6.45, 7) is 1.92. The van der Waals surface area contributed by atoms with E-state index in [2.05, 4.69) is 0 Å². The number of aliphatic hydroxyl groups is 1. The van der Waals surface area contributed by atoms with Crippen molar-refractivity contribution >= 4 is 0 Å². The number of methoxy groups -OCH3 is 1. The monoisotopic (exact) mass is 278 g/mol. The number of ether oxygens (including phenoxy) is 1. The van der Waals surface area contributed by atoms with Crippen LogP contribution in [-0.2, 0) is 6.42 Å². The summed E-state index contributed by atoms with van der Waals surface area (Å²) in [5.74, 6) is -1.22. The van der Waals surface area contributed by atoms with Crippen molar-refractivity contribution < 1.29 is 18.6 Å². The van der Waals surface area contributed by atoms with E-state index in [1.165, 1.54) is 13.2 Å². The third-order valence-electron chi connectivity index (χ3n) is 3.16. The first kappa shape index (κ1) is 14.5. The van der Waals surface area contributed by atoms with Crippen LogP contribution in [0.15, 0.2) is 36.4 Å². The minimum absolute atomic E-state index is 0.191. The van der Waals surface area contributed by atoms with Crippen molar-refractivity contribution in [3.8, 4) is 5.75 Å². The highest BCUT2D eigenvalue weighted by Gasteiger charge is 2.15. The van der Waals surface area contributed by atoms with Gasteiger partial charge in [-0.2, -0.15) is 0 Å². The van der Waals surface area contributed by atoms with Crippen LogP contribution < -0.4 is 4.74 Å². The molecule has 2 aromatic rings. The Morgan fingerprint density at radius 1 is 1.10 bits per heavy atom. The highest BCUT2D eigenvalue weighted by molar-refractivity contribution is 5.39. The van der Waals surface area contributed by atoms with Gasteiger partial charge in [0.2, 0.25) is 0 Å². The number of benzene rings is 2. The molecule has 2 aromatic carbocycles. The summed E-state index contributed by atoms with van der Waals surface area (Å²) >= 11 is 0. The van der Waals surface area contributed by atoms with Gasteiger partial charge in [-0.3, -0.25) is 0 Å². The number of hydrogen-bond acceptors (Lipinski definition) is 2. The second-order valence-electron chi connectivity index (χ2n) is 4.71. The molecule has 0 fully saturated rings. The fourth-order valence-electron chi connectivity index (χ4n) is 2.09. The van der Waals surface area contributed by atoms with Crippen molar-refractivity contribution in [1.29, 1.82) is 0 Å². The third-order valence-corrected chi connectivity index (χ3v) is 3.16. The lowest BCUT2D eigenvalue weighted by Crippen LogP contribution is -2.05. The summed E-state index contributed by atoms with van der Waals surface area (Å²) in [7, 11) is 1.53. The number of halogens is 2. The average Bonchev–Trinajstić information content (AvgIpc) is 2.42. The van der Waals surface area contributed by atoms with E-state index in [-0.39, 0.29) is 6.42 Å². The summed E-state index contributed by atoms with van der Waals surface area (Å²) in [6, 6.07) is 9.08. The van der Waals surface area contributed by atoms with Gasteiger partial charge in [0.05, 0.1) is 13.2 Å². The molecule has 2 nitrogen and oxygen atoms in total. The molecule has 0 saturated carbocycles. The van der Waals surface area contributed by atoms with Crippen LogP contribution in [0.3, 0.4) is 0 Å². The van der Waals surface area contributed by atoms with Crippen LogP contribution in [0.4, 0.5) is 8.78 Å². The first-order valence-electron chi connectivity index (χ1n) is 6.28. The molecule has 1 unspecified atom stereocenters. The highest BCUT2D eigenvalue weighted by atomic mass is 19.2. The van der Waals surface area contributed by atoms with Crippen LogP contribution in [-0.4, -0.2) is 12.2 Å². The van der Waals surface area contributed by atoms with Crippen LogP contribution in [0.25, 0.3) is 0 Å². The molecular formula is C16H16F2O2. The van der Waals surface area contributed by atoms with Gasteiger partial charge in [-0.05, 0) is 36.2 Å². The third kappa shape index (κ3) is 3.14. The molecule has 0 heterocycles. The summed E-state index contributed by atoms with van der Waals surface area (Å²) < 4.78 is 31.2. The lowest BCUT2D eigenvalue weighted by molar-refractivity contribution is 0.174. The van der Waals surface area contributed by atoms with E-state index in [4.69, 9.17) is 4.74 Å². The molecule has 1 N–H and O–H groups in total. The molecule has 4 heteroatoms. The number of hydrogen-bond donors (Lipinski definition) is 1. The van der Waals surface area contributed by atoms with Crippen LogP contribution >= 0.6 is 0 Å². The zero-order chi connectivity index (χ0) is 14.7. The Hall–Kier alpha value is -1.94. The minimum Gasteiger partial charge on any atom is -0.496 e. The smallest absolute Gasteiger partial charge is 0.159 e. The van der Waals surface area contributed by atoms with E-state index in [1.54, 1.807) is 6.07 Å². The zero-order valence-electron chi connectivity index (χ0n) is 11.4. The van der Waals surface area contributed by atoms with Crippen molar-refractivity contribution in [2.24, 2.45) is 0 Å². The van der Waals surface area contributed by atoms with Crippen LogP contribution in [0.2, 0.25) is 0 Å². The van der Waals surface area contributed by atoms with Gasteiger partial charge in [-0.15, -0.1) is 0 Å². The Morgan fingerprint density at radius 3 is 2.50 bits per heavy atom. The Kier molecular flexibility index (Phi) is 4.35. The highest BCUT2D eigenvalue weighted by Crippen LogP contribution is 2.28. The van der Waals surface area contributed by atoms with E-state index < -0.39 is 17.7 Å². The molecule has 106 valence electrons. The van der Waals surface area contributed by atoms with Crippen LogP contribution in [0, 0.1) is 18.6 Å². The van der Waals surface area contributed by atoms with Crippen molar-refractivity contribution in [2.45, 2.75) is 19.4 Å². The average molecular weight is 278 g/mol. The van der Waals surface area contributed by atoms with Crippen LogP contribution in [0.1, 0.15) is 22.8 Å². The fourth-order valence-corrected chi connectivity index (χ4v) is 2.09.